The van der Waals surface area contributed by atoms with Crippen molar-refractivity contribution in [2.45, 2.75) is 63.7 Å². The largest absolute Gasteiger partial charge is 0.338 e. The van der Waals surface area contributed by atoms with E-state index >= 15 is 4.39 Å². The maximum absolute atomic E-state index is 15.8. The lowest BCUT2D eigenvalue weighted by molar-refractivity contribution is 0.316. The molecule has 2 saturated carbocycles. The Balaban J connectivity index is 1.28. The molecule has 0 saturated heterocycles. The van der Waals surface area contributed by atoms with Crippen LogP contribution in [0.15, 0.2) is 53.7 Å². The number of hydrogen-bond acceptors (Lipinski definition) is 4. The number of rotatable bonds is 5. The number of benzene rings is 2. The van der Waals surface area contributed by atoms with E-state index in [1.807, 2.05) is 35.9 Å². The SMILES string of the molecule is Cc1cc(-n2nc3c(c2-n2ccn(-c4ccc5c(cnn5C5CC5)c4F)c2=O)[C@H](C)NCC3)ccc1C1(F)CC1. The summed E-state index contributed by atoms with van der Waals surface area (Å²) in [6, 6.07) is 9.41. The zero-order chi connectivity index (χ0) is 27.3. The third kappa shape index (κ3) is 3.41. The van der Waals surface area contributed by atoms with E-state index in [9.17, 15) is 9.18 Å². The zero-order valence-electron chi connectivity index (χ0n) is 22.4. The molecule has 2 aliphatic carbocycles. The van der Waals surface area contributed by atoms with Gasteiger partial charge in [-0.3, -0.25) is 13.8 Å². The number of alkyl halides is 1. The summed E-state index contributed by atoms with van der Waals surface area (Å²) >= 11 is 0. The fourth-order valence-corrected chi connectivity index (χ4v) is 6.27. The van der Waals surface area contributed by atoms with Crippen molar-refractivity contribution in [2.24, 2.45) is 0 Å². The normalized spacial score (nSPS) is 19.8. The van der Waals surface area contributed by atoms with Crippen molar-refractivity contribution in [1.29, 1.82) is 0 Å². The van der Waals surface area contributed by atoms with E-state index in [2.05, 4.69) is 17.3 Å². The summed E-state index contributed by atoms with van der Waals surface area (Å²) in [7, 11) is 0. The highest BCUT2D eigenvalue weighted by atomic mass is 19.1. The van der Waals surface area contributed by atoms with Crippen LogP contribution in [0.4, 0.5) is 8.78 Å². The third-order valence-electron chi connectivity index (χ3n) is 8.70. The lowest BCUT2D eigenvalue weighted by atomic mass is 10.0. The second-order valence-electron chi connectivity index (χ2n) is 11.5. The first kappa shape index (κ1) is 23.8. The van der Waals surface area contributed by atoms with Gasteiger partial charge in [0.25, 0.3) is 0 Å². The van der Waals surface area contributed by atoms with Crippen LogP contribution in [0.2, 0.25) is 0 Å². The molecule has 8 nitrogen and oxygen atoms in total. The Labute approximate surface area is 228 Å². The van der Waals surface area contributed by atoms with Crippen LogP contribution in [-0.2, 0) is 12.1 Å². The van der Waals surface area contributed by atoms with Gasteiger partial charge in [-0.25, -0.2) is 18.3 Å². The number of aryl methyl sites for hydroxylation is 1. The monoisotopic (exact) mass is 541 g/mol. The van der Waals surface area contributed by atoms with E-state index in [4.69, 9.17) is 5.10 Å². The van der Waals surface area contributed by atoms with Gasteiger partial charge < -0.3 is 5.32 Å². The first-order chi connectivity index (χ1) is 19.3. The molecule has 2 aromatic carbocycles. The first-order valence-corrected chi connectivity index (χ1v) is 14.0. The molecular formula is C30H29F2N7O. The molecule has 0 unspecified atom stereocenters. The predicted molar refractivity (Wildman–Crippen MR) is 147 cm³/mol. The number of fused-ring (bicyclic) bond motifs is 2. The van der Waals surface area contributed by atoms with Crippen LogP contribution in [0.25, 0.3) is 28.1 Å². The molecule has 2 fully saturated rings. The molecule has 3 aromatic heterocycles. The molecule has 4 heterocycles. The van der Waals surface area contributed by atoms with Crippen LogP contribution in [0.1, 0.15) is 67.1 Å². The summed E-state index contributed by atoms with van der Waals surface area (Å²) in [5, 5.41) is 13.2. The Hall–Kier alpha value is -4.05. The number of nitrogens with one attached hydrogen (secondary N) is 1. The van der Waals surface area contributed by atoms with Gasteiger partial charge in [-0.15, -0.1) is 0 Å². The van der Waals surface area contributed by atoms with Gasteiger partial charge in [0.1, 0.15) is 11.5 Å². The summed E-state index contributed by atoms with van der Waals surface area (Å²) in [5.74, 6) is 0.135. The summed E-state index contributed by atoms with van der Waals surface area (Å²) in [6.07, 6.45) is 8.70. The van der Waals surface area contributed by atoms with Gasteiger partial charge in [-0.2, -0.15) is 10.2 Å². The number of aromatic nitrogens is 6. The smallest absolute Gasteiger partial charge is 0.310 e. The van der Waals surface area contributed by atoms with E-state index in [1.165, 1.54) is 9.13 Å². The summed E-state index contributed by atoms with van der Waals surface area (Å²) in [6.45, 7) is 4.75. The Bertz CT molecular complexity index is 1890. The van der Waals surface area contributed by atoms with Crippen LogP contribution < -0.4 is 11.0 Å². The molecule has 5 aromatic rings. The number of hydrogen-bond donors (Lipinski definition) is 1. The predicted octanol–water partition coefficient (Wildman–Crippen LogP) is 5.11. The molecule has 10 heteroatoms. The summed E-state index contributed by atoms with van der Waals surface area (Å²) in [4.78, 5) is 13.9. The second-order valence-corrected chi connectivity index (χ2v) is 11.5. The standard InChI is InChI=1S/C30H29F2N7O/c1-17-15-20(5-6-22(17)30(32)10-11-30)39-28(26-18(2)33-12-9-23(26)35-39)37-14-13-36(29(37)40)25-8-7-24-21(27(25)31)16-34-38(24)19-3-4-19/h5-8,13-16,18-19,33H,3-4,9-12H2,1-2H3/t18-/m0/s1. The quantitative estimate of drug-likeness (QED) is 0.336. The molecule has 204 valence electrons. The van der Waals surface area contributed by atoms with Crippen LogP contribution in [0.3, 0.4) is 0 Å². The van der Waals surface area contributed by atoms with Gasteiger partial charge in [0.2, 0.25) is 0 Å². The van der Waals surface area contributed by atoms with Gasteiger partial charge in [0, 0.05) is 37.0 Å². The fourth-order valence-electron chi connectivity index (χ4n) is 6.27. The average molecular weight is 542 g/mol. The van der Waals surface area contributed by atoms with Crippen molar-refractivity contribution < 1.29 is 8.78 Å². The number of nitrogens with zero attached hydrogens (tertiary/aromatic N) is 6. The molecular weight excluding hydrogens is 512 g/mol. The van der Waals surface area contributed by atoms with E-state index in [0.29, 0.717) is 35.7 Å². The van der Waals surface area contributed by atoms with Crippen molar-refractivity contribution in [3.05, 3.63) is 87.6 Å². The van der Waals surface area contributed by atoms with Gasteiger partial charge in [0.05, 0.1) is 40.2 Å². The zero-order valence-corrected chi connectivity index (χ0v) is 22.4. The lowest BCUT2D eigenvalue weighted by Gasteiger charge is -2.21. The molecule has 8 rings (SSSR count). The van der Waals surface area contributed by atoms with Crippen LogP contribution >= 0.6 is 0 Å². The molecule has 0 radical (unpaired) electrons. The summed E-state index contributed by atoms with van der Waals surface area (Å²) in [5.41, 5.74) is 3.44. The van der Waals surface area contributed by atoms with Gasteiger partial charge in [-0.1, -0.05) is 6.07 Å². The molecule has 0 spiro atoms. The highest BCUT2D eigenvalue weighted by Gasteiger charge is 2.45. The lowest BCUT2D eigenvalue weighted by Crippen LogP contribution is -2.30. The number of halogens is 2. The Kier molecular flexibility index (Phi) is 4.90. The second kappa shape index (κ2) is 8.23. The van der Waals surface area contributed by atoms with E-state index in [-0.39, 0.29) is 11.7 Å². The van der Waals surface area contributed by atoms with Crippen molar-refractivity contribution in [1.82, 2.24) is 34.0 Å². The molecule has 1 aliphatic heterocycles. The Morgan fingerprint density at radius 1 is 1.10 bits per heavy atom. The first-order valence-electron chi connectivity index (χ1n) is 14.0. The molecule has 1 N–H and O–H groups in total. The van der Waals surface area contributed by atoms with E-state index in [1.54, 1.807) is 29.3 Å². The van der Waals surface area contributed by atoms with Gasteiger partial charge >= 0.3 is 5.69 Å². The molecule has 1 atom stereocenters. The van der Waals surface area contributed by atoms with Crippen LogP contribution in [-0.4, -0.2) is 35.2 Å². The van der Waals surface area contributed by atoms with E-state index in [0.717, 1.165) is 53.8 Å². The van der Waals surface area contributed by atoms with Crippen molar-refractivity contribution >= 4 is 10.9 Å². The summed E-state index contributed by atoms with van der Waals surface area (Å²) < 4.78 is 37.2. The minimum atomic E-state index is -1.23. The molecule has 3 aliphatic rings. The highest BCUT2D eigenvalue weighted by Crippen LogP contribution is 2.50. The van der Waals surface area contributed by atoms with Gasteiger partial charge in [0.15, 0.2) is 5.82 Å². The maximum Gasteiger partial charge on any atom is 0.338 e. The molecule has 0 amide bonds. The minimum absolute atomic E-state index is 0.0370. The van der Waals surface area contributed by atoms with E-state index < -0.39 is 17.2 Å². The molecule has 40 heavy (non-hydrogen) atoms. The maximum atomic E-state index is 15.8. The Morgan fingerprint density at radius 3 is 2.65 bits per heavy atom. The minimum Gasteiger partial charge on any atom is -0.310 e. The Morgan fingerprint density at radius 2 is 1.90 bits per heavy atom. The topological polar surface area (TPSA) is 74.6 Å². The van der Waals surface area contributed by atoms with Gasteiger partial charge in [-0.05, 0) is 74.9 Å². The van der Waals surface area contributed by atoms with Crippen LogP contribution in [0.5, 0.6) is 0 Å². The van der Waals surface area contributed by atoms with Crippen molar-refractivity contribution in [2.75, 3.05) is 6.54 Å². The average Bonchev–Trinajstić information content (AvgIpc) is 3.79. The number of imidazole rings is 1. The van der Waals surface area contributed by atoms with Crippen LogP contribution in [0, 0.1) is 12.7 Å². The van der Waals surface area contributed by atoms with Crippen molar-refractivity contribution in [3.8, 4) is 17.2 Å². The highest BCUT2D eigenvalue weighted by molar-refractivity contribution is 5.82. The molecule has 0 bridgehead atoms. The van der Waals surface area contributed by atoms with Crippen molar-refractivity contribution in [3.63, 3.8) is 0 Å². The third-order valence-corrected chi connectivity index (χ3v) is 8.70. The fraction of sp³-hybridized carbons (Fsp3) is 0.367.